The Hall–Kier alpha value is -2.59. The van der Waals surface area contributed by atoms with Gasteiger partial charge in [0.05, 0.1) is 12.7 Å². The molecule has 1 saturated carbocycles. The van der Waals surface area contributed by atoms with Gasteiger partial charge in [0.25, 0.3) is 5.91 Å². The van der Waals surface area contributed by atoms with Gasteiger partial charge in [-0.3, -0.25) is 4.79 Å². The summed E-state index contributed by atoms with van der Waals surface area (Å²) in [7, 11) is -2.59. The van der Waals surface area contributed by atoms with Crippen molar-refractivity contribution in [3.63, 3.8) is 0 Å². The van der Waals surface area contributed by atoms with Crippen molar-refractivity contribution in [2.75, 3.05) is 12.4 Å². The first-order valence-corrected chi connectivity index (χ1v) is 10.8. The van der Waals surface area contributed by atoms with Gasteiger partial charge >= 0.3 is 6.18 Å². The molecule has 1 aliphatic carbocycles. The van der Waals surface area contributed by atoms with E-state index >= 15 is 0 Å². The van der Waals surface area contributed by atoms with E-state index in [0.29, 0.717) is 0 Å². The zero-order chi connectivity index (χ0) is 21.9. The predicted octanol–water partition coefficient (Wildman–Crippen LogP) is 4.19. The minimum absolute atomic E-state index is 0.0301. The molecule has 3 rings (SSSR count). The summed E-state index contributed by atoms with van der Waals surface area (Å²) in [5.74, 6) is -0.568. The third-order valence-corrected chi connectivity index (χ3v) is 6.40. The number of alkyl halides is 3. The van der Waals surface area contributed by atoms with Crippen LogP contribution < -0.4 is 14.8 Å². The van der Waals surface area contributed by atoms with Crippen molar-refractivity contribution in [3.05, 3.63) is 53.6 Å². The van der Waals surface area contributed by atoms with Crippen LogP contribution in [0.4, 0.5) is 18.9 Å². The zero-order valence-electron chi connectivity index (χ0n) is 16.1. The smallest absolute Gasteiger partial charge is 0.416 e. The van der Waals surface area contributed by atoms with Gasteiger partial charge in [-0.05, 0) is 55.3 Å². The van der Waals surface area contributed by atoms with Crippen molar-refractivity contribution >= 4 is 21.6 Å². The zero-order valence-corrected chi connectivity index (χ0v) is 16.9. The normalized spacial score (nSPS) is 15.2. The van der Waals surface area contributed by atoms with Crippen LogP contribution in [0.15, 0.2) is 47.4 Å². The molecule has 0 aromatic heterocycles. The highest BCUT2D eigenvalue weighted by Crippen LogP contribution is 2.30. The Morgan fingerprint density at radius 1 is 1.07 bits per heavy atom. The van der Waals surface area contributed by atoms with Crippen LogP contribution in [0.25, 0.3) is 0 Å². The van der Waals surface area contributed by atoms with E-state index in [2.05, 4.69) is 10.0 Å². The maximum absolute atomic E-state index is 12.8. The van der Waals surface area contributed by atoms with E-state index in [1.54, 1.807) is 0 Å². The number of hydrogen-bond donors (Lipinski definition) is 2. The Morgan fingerprint density at radius 2 is 1.70 bits per heavy atom. The number of rotatable bonds is 6. The van der Waals surface area contributed by atoms with Gasteiger partial charge in [-0.1, -0.05) is 12.8 Å². The highest BCUT2D eigenvalue weighted by molar-refractivity contribution is 7.89. The number of methoxy groups -OCH3 is 1. The van der Waals surface area contributed by atoms with Crippen molar-refractivity contribution < 1.29 is 31.1 Å². The first-order valence-electron chi connectivity index (χ1n) is 9.29. The Kier molecular flexibility index (Phi) is 6.37. The third kappa shape index (κ3) is 5.11. The monoisotopic (exact) mass is 442 g/mol. The molecule has 0 unspecified atom stereocenters. The molecule has 0 aliphatic heterocycles. The molecule has 10 heteroatoms. The maximum atomic E-state index is 12.8. The average Bonchev–Trinajstić information content (AvgIpc) is 3.19. The van der Waals surface area contributed by atoms with Gasteiger partial charge in [0.15, 0.2) is 0 Å². The van der Waals surface area contributed by atoms with E-state index in [4.69, 9.17) is 4.74 Å². The molecule has 1 amide bonds. The summed E-state index contributed by atoms with van der Waals surface area (Å²) in [4.78, 5) is 12.4. The number of carbonyl (C=O) groups is 1. The largest absolute Gasteiger partial charge is 0.495 e. The molecule has 0 bridgehead atoms. The second-order valence-electron chi connectivity index (χ2n) is 7.00. The summed E-state index contributed by atoms with van der Waals surface area (Å²) in [6.07, 6.45) is -1.10. The molecule has 2 N–H and O–H groups in total. The Morgan fingerprint density at radius 3 is 2.27 bits per heavy atom. The van der Waals surface area contributed by atoms with Crippen LogP contribution in [0, 0.1) is 0 Å². The molecule has 2 aromatic rings. The van der Waals surface area contributed by atoms with Crippen molar-refractivity contribution in [2.24, 2.45) is 0 Å². The number of benzene rings is 2. The second kappa shape index (κ2) is 8.65. The number of ether oxygens (including phenoxy) is 1. The summed E-state index contributed by atoms with van der Waals surface area (Å²) in [5.41, 5.74) is -0.656. The Labute approximate surface area is 172 Å². The fraction of sp³-hybridized carbons (Fsp3) is 0.350. The molecule has 0 atom stereocenters. The number of amides is 1. The lowest BCUT2D eigenvalue weighted by Crippen LogP contribution is -2.33. The molecule has 0 saturated heterocycles. The molecular weight excluding hydrogens is 421 g/mol. The SMILES string of the molecule is COc1ccc(C(=O)Nc2ccc(C(F)(F)F)cc2)cc1S(=O)(=O)NC1CCCC1. The summed E-state index contributed by atoms with van der Waals surface area (Å²) < 4.78 is 71.4. The van der Waals surface area contributed by atoms with Crippen molar-refractivity contribution in [1.82, 2.24) is 4.72 Å². The number of carbonyl (C=O) groups excluding carboxylic acids is 1. The lowest BCUT2D eigenvalue weighted by Gasteiger charge is -2.16. The number of anilines is 1. The molecule has 1 fully saturated rings. The molecule has 2 aromatic carbocycles. The maximum Gasteiger partial charge on any atom is 0.416 e. The lowest BCUT2D eigenvalue weighted by molar-refractivity contribution is -0.137. The van der Waals surface area contributed by atoms with Gasteiger partial charge in [-0.2, -0.15) is 13.2 Å². The second-order valence-corrected chi connectivity index (χ2v) is 8.68. The van der Waals surface area contributed by atoms with E-state index < -0.39 is 27.7 Å². The quantitative estimate of drug-likeness (QED) is 0.703. The summed E-state index contributed by atoms with van der Waals surface area (Å²) in [5, 5.41) is 2.46. The highest BCUT2D eigenvalue weighted by atomic mass is 32.2. The molecular formula is C20H21F3N2O4S. The first-order chi connectivity index (χ1) is 14.1. The highest BCUT2D eigenvalue weighted by Gasteiger charge is 2.30. The lowest BCUT2D eigenvalue weighted by atomic mass is 10.1. The van der Waals surface area contributed by atoms with Crippen LogP contribution in [0.1, 0.15) is 41.6 Å². The standard InChI is InChI=1S/C20H21F3N2O4S/c1-29-17-11-6-13(12-18(17)30(27,28)25-16-4-2-3-5-16)19(26)24-15-9-7-14(8-10-15)20(21,22)23/h6-12,16,25H,2-5H2,1H3,(H,24,26). The summed E-state index contributed by atoms with van der Waals surface area (Å²) >= 11 is 0. The average molecular weight is 442 g/mol. The Bertz CT molecular complexity index is 1020. The van der Waals surface area contributed by atoms with Crippen molar-refractivity contribution in [2.45, 2.75) is 42.8 Å². The molecule has 162 valence electrons. The number of nitrogens with one attached hydrogen (secondary N) is 2. The molecule has 0 radical (unpaired) electrons. The van der Waals surface area contributed by atoms with Crippen molar-refractivity contribution in [1.29, 1.82) is 0 Å². The van der Waals surface area contributed by atoms with Gasteiger partial charge in [0, 0.05) is 17.3 Å². The number of halogens is 3. The number of hydrogen-bond acceptors (Lipinski definition) is 4. The van der Waals surface area contributed by atoms with Gasteiger partial charge in [0.1, 0.15) is 10.6 Å². The number of sulfonamides is 1. The predicted molar refractivity (Wildman–Crippen MR) is 105 cm³/mol. The van der Waals surface area contributed by atoms with Crippen LogP contribution >= 0.6 is 0 Å². The van der Waals surface area contributed by atoms with Crippen LogP contribution in [0.2, 0.25) is 0 Å². The van der Waals surface area contributed by atoms with E-state index in [1.807, 2.05) is 0 Å². The van der Waals surface area contributed by atoms with Gasteiger partial charge in [0.2, 0.25) is 10.0 Å². The van der Waals surface area contributed by atoms with E-state index in [0.717, 1.165) is 49.9 Å². The summed E-state index contributed by atoms with van der Waals surface area (Å²) in [6.45, 7) is 0. The minimum Gasteiger partial charge on any atom is -0.495 e. The molecule has 0 heterocycles. The molecule has 0 spiro atoms. The minimum atomic E-state index is -4.48. The fourth-order valence-electron chi connectivity index (χ4n) is 3.30. The Balaban J connectivity index is 1.82. The van der Waals surface area contributed by atoms with Crippen LogP contribution in [0.5, 0.6) is 5.75 Å². The van der Waals surface area contributed by atoms with E-state index in [-0.39, 0.29) is 27.9 Å². The summed E-state index contributed by atoms with van der Waals surface area (Å²) in [6, 6.07) is 7.74. The third-order valence-electron chi connectivity index (χ3n) is 4.86. The van der Waals surface area contributed by atoms with E-state index in [1.165, 1.54) is 25.3 Å². The van der Waals surface area contributed by atoms with E-state index in [9.17, 15) is 26.4 Å². The first kappa shape index (κ1) is 22.1. The molecule has 30 heavy (non-hydrogen) atoms. The van der Waals surface area contributed by atoms with Gasteiger partial charge in [-0.15, -0.1) is 0 Å². The van der Waals surface area contributed by atoms with Gasteiger partial charge < -0.3 is 10.1 Å². The van der Waals surface area contributed by atoms with Crippen LogP contribution in [-0.4, -0.2) is 27.5 Å². The topological polar surface area (TPSA) is 84.5 Å². The molecule has 1 aliphatic rings. The van der Waals surface area contributed by atoms with Gasteiger partial charge in [-0.25, -0.2) is 13.1 Å². The van der Waals surface area contributed by atoms with Crippen molar-refractivity contribution in [3.8, 4) is 5.75 Å². The molecule has 6 nitrogen and oxygen atoms in total. The van der Waals surface area contributed by atoms with Crippen LogP contribution in [-0.2, 0) is 16.2 Å². The fourth-order valence-corrected chi connectivity index (χ4v) is 4.80. The van der Waals surface area contributed by atoms with Crippen LogP contribution in [0.3, 0.4) is 0 Å².